The molecule has 0 amide bonds. The van der Waals surface area contributed by atoms with Gasteiger partial charge in [0.05, 0.1) is 0 Å². The van der Waals surface area contributed by atoms with Gasteiger partial charge in [0.25, 0.3) is 0 Å². The van der Waals surface area contributed by atoms with Crippen LogP contribution < -0.4 is 5.73 Å². The Morgan fingerprint density at radius 3 is 2.08 bits per heavy atom. The van der Waals surface area contributed by atoms with Crippen LogP contribution in [-0.2, 0) is 0 Å². The molecule has 0 unspecified atom stereocenters. The zero-order valence-electron chi connectivity index (χ0n) is 8.98. The molecule has 1 rings (SSSR count). The van der Waals surface area contributed by atoms with E-state index in [1.54, 1.807) is 0 Å². The van der Waals surface area contributed by atoms with Crippen LogP contribution in [0.25, 0.3) is 0 Å². The minimum atomic E-state index is 0.372. The first-order valence-electron chi connectivity index (χ1n) is 5.15. The lowest BCUT2D eigenvalue weighted by atomic mass is 9.52. The Morgan fingerprint density at radius 1 is 1.25 bits per heavy atom. The fourth-order valence-corrected chi connectivity index (χ4v) is 3.18. The summed E-state index contributed by atoms with van der Waals surface area (Å²) in [5.74, 6) is 0. The van der Waals surface area contributed by atoms with Crippen molar-refractivity contribution in [3.05, 3.63) is 0 Å². The molecule has 1 nitrogen and oxygen atoms in total. The maximum absolute atomic E-state index is 5.82. The van der Waals surface area contributed by atoms with Crippen LogP contribution in [0.5, 0.6) is 0 Å². The molecular formula is C11H23N. The van der Waals surface area contributed by atoms with Gasteiger partial charge in [0.2, 0.25) is 0 Å². The molecule has 72 valence electrons. The van der Waals surface area contributed by atoms with Crippen molar-refractivity contribution in [2.45, 2.75) is 59.4 Å². The van der Waals surface area contributed by atoms with Gasteiger partial charge in [0.15, 0.2) is 0 Å². The Bertz CT molecular complexity index is 154. The van der Waals surface area contributed by atoms with Gasteiger partial charge in [-0.3, -0.25) is 0 Å². The van der Waals surface area contributed by atoms with Crippen LogP contribution in [0, 0.1) is 10.8 Å². The highest BCUT2D eigenvalue weighted by Gasteiger charge is 2.47. The molecule has 2 N–H and O–H groups in total. The van der Waals surface area contributed by atoms with Crippen LogP contribution in [0.1, 0.15) is 53.4 Å². The first-order valence-corrected chi connectivity index (χ1v) is 5.15. The lowest BCUT2D eigenvalue weighted by molar-refractivity contribution is -0.0249. The van der Waals surface area contributed by atoms with Gasteiger partial charge in [0, 0.05) is 6.04 Å². The number of rotatable bonds is 3. The van der Waals surface area contributed by atoms with Crippen molar-refractivity contribution in [2.75, 3.05) is 0 Å². The largest absolute Gasteiger partial charge is 0.328 e. The third-order valence-corrected chi connectivity index (χ3v) is 3.38. The Morgan fingerprint density at radius 2 is 1.75 bits per heavy atom. The maximum atomic E-state index is 5.82. The summed E-state index contributed by atoms with van der Waals surface area (Å²) >= 11 is 0. The van der Waals surface area contributed by atoms with Crippen molar-refractivity contribution >= 4 is 0 Å². The van der Waals surface area contributed by atoms with Gasteiger partial charge in [-0.1, -0.05) is 27.2 Å². The van der Waals surface area contributed by atoms with Crippen LogP contribution >= 0.6 is 0 Å². The molecule has 1 aliphatic rings. The summed E-state index contributed by atoms with van der Waals surface area (Å²) in [5.41, 5.74) is 7.00. The fraction of sp³-hybridized carbons (Fsp3) is 1.00. The molecule has 1 saturated carbocycles. The molecule has 1 fully saturated rings. The minimum absolute atomic E-state index is 0.372. The number of nitrogens with two attached hydrogens (primary N) is 1. The topological polar surface area (TPSA) is 26.0 Å². The van der Waals surface area contributed by atoms with Crippen LogP contribution in [-0.4, -0.2) is 6.04 Å². The van der Waals surface area contributed by atoms with Crippen LogP contribution in [0.4, 0.5) is 0 Å². The van der Waals surface area contributed by atoms with Crippen molar-refractivity contribution in [3.63, 3.8) is 0 Å². The molecule has 0 spiro atoms. The molecule has 0 aromatic carbocycles. The summed E-state index contributed by atoms with van der Waals surface area (Å²) in [6, 6.07) is 0.372. The van der Waals surface area contributed by atoms with Crippen LogP contribution in [0.2, 0.25) is 0 Å². The van der Waals surface area contributed by atoms with E-state index in [2.05, 4.69) is 27.7 Å². The first-order chi connectivity index (χ1) is 5.39. The summed E-state index contributed by atoms with van der Waals surface area (Å²) in [6.07, 6.45) is 5.26. The highest BCUT2D eigenvalue weighted by molar-refractivity contribution is 4.98. The molecule has 0 saturated heterocycles. The predicted octanol–water partition coefficient (Wildman–Crippen LogP) is 2.94. The highest BCUT2D eigenvalue weighted by atomic mass is 14.6. The molecule has 0 aliphatic heterocycles. The number of hydrogen-bond donors (Lipinski definition) is 1. The minimum Gasteiger partial charge on any atom is -0.328 e. The predicted molar refractivity (Wildman–Crippen MR) is 54.0 cm³/mol. The number of hydrogen-bond acceptors (Lipinski definition) is 1. The van der Waals surface area contributed by atoms with Gasteiger partial charge >= 0.3 is 0 Å². The Labute approximate surface area is 76.7 Å². The smallest absolute Gasteiger partial charge is 0.00156 e. The van der Waals surface area contributed by atoms with Crippen molar-refractivity contribution in [3.8, 4) is 0 Å². The second-order valence-corrected chi connectivity index (χ2v) is 5.51. The lowest BCUT2D eigenvalue weighted by Crippen LogP contribution is -2.45. The second-order valence-electron chi connectivity index (χ2n) is 5.51. The van der Waals surface area contributed by atoms with E-state index in [1.807, 2.05) is 0 Å². The molecule has 0 heterocycles. The molecule has 12 heavy (non-hydrogen) atoms. The van der Waals surface area contributed by atoms with E-state index in [0.29, 0.717) is 16.9 Å². The first kappa shape index (κ1) is 10.0. The van der Waals surface area contributed by atoms with E-state index in [0.717, 1.165) is 0 Å². The quantitative estimate of drug-likeness (QED) is 0.690. The van der Waals surface area contributed by atoms with E-state index in [-0.39, 0.29) is 0 Å². The summed E-state index contributed by atoms with van der Waals surface area (Å²) < 4.78 is 0. The van der Waals surface area contributed by atoms with Crippen molar-refractivity contribution in [1.29, 1.82) is 0 Å². The zero-order chi connectivity index (χ0) is 9.41. The van der Waals surface area contributed by atoms with Crippen molar-refractivity contribution < 1.29 is 0 Å². The maximum Gasteiger partial charge on any atom is 0.00156 e. The highest BCUT2D eigenvalue weighted by Crippen LogP contribution is 2.57. The van der Waals surface area contributed by atoms with Crippen molar-refractivity contribution in [2.24, 2.45) is 16.6 Å². The molecule has 1 heteroatoms. The van der Waals surface area contributed by atoms with E-state index in [1.165, 1.54) is 25.7 Å². The molecule has 0 radical (unpaired) electrons. The van der Waals surface area contributed by atoms with Gasteiger partial charge in [-0.25, -0.2) is 0 Å². The van der Waals surface area contributed by atoms with Crippen LogP contribution in [0.3, 0.4) is 0 Å². The molecular weight excluding hydrogens is 146 g/mol. The van der Waals surface area contributed by atoms with E-state index in [4.69, 9.17) is 5.73 Å². The third kappa shape index (κ3) is 2.01. The van der Waals surface area contributed by atoms with Gasteiger partial charge in [-0.05, 0) is 37.0 Å². The van der Waals surface area contributed by atoms with E-state index < -0.39 is 0 Å². The Balaban J connectivity index is 2.39. The van der Waals surface area contributed by atoms with Gasteiger partial charge < -0.3 is 5.73 Å². The summed E-state index contributed by atoms with van der Waals surface area (Å²) in [7, 11) is 0. The second kappa shape index (κ2) is 3.02. The van der Waals surface area contributed by atoms with Crippen molar-refractivity contribution in [1.82, 2.24) is 0 Å². The third-order valence-electron chi connectivity index (χ3n) is 3.38. The molecule has 1 aliphatic carbocycles. The standard InChI is InChI=1S/C11H23N/c1-5-10(3)7-11(4,8-10)6-9(2)12/h9H,5-8,12H2,1-4H3/t9-,10?,11?/m1/s1. The molecule has 0 aromatic heterocycles. The molecule has 0 bridgehead atoms. The fourth-order valence-electron chi connectivity index (χ4n) is 3.18. The summed E-state index contributed by atoms with van der Waals surface area (Å²) in [5, 5.41) is 0. The van der Waals surface area contributed by atoms with Gasteiger partial charge in [-0.2, -0.15) is 0 Å². The zero-order valence-corrected chi connectivity index (χ0v) is 8.98. The molecule has 0 aromatic rings. The SMILES string of the molecule is CCC1(C)CC(C)(C[C@@H](C)N)C1. The van der Waals surface area contributed by atoms with E-state index in [9.17, 15) is 0 Å². The van der Waals surface area contributed by atoms with Gasteiger partial charge in [-0.15, -0.1) is 0 Å². The molecule has 1 atom stereocenters. The lowest BCUT2D eigenvalue weighted by Gasteiger charge is -2.54. The Hall–Kier alpha value is -0.0400. The summed E-state index contributed by atoms with van der Waals surface area (Å²) in [4.78, 5) is 0. The van der Waals surface area contributed by atoms with Gasteiger partial charge in [0.1, 0.15) is 0 Å². The average molecular weight is 169 g/mol. The Kier molecular flexibility index (Phi) is 2.53. The van der Waals surface area contributed by atoms with Crippen LogP contribution in [0.15, 0.2) is 0 Å². The normalized spacial score (nSPS) is 43.8. The average Bonchev–Trinajstić information content (AvgIpc) is 1.82. The monoisotopic (exact) mass is 169 g/mol. The summed E-state index contributed by atoms with van der Waals surface area (Å²) in [6.45, 7) is 9.20. The van der Waals surface area contributed by atoms with E-state index >= 15 is 0 Å².